The Balaban J connectivity index is 2.43. The molecule has 0 saturated heterocycles. The second-order valence-electron chi connectivity index (χ2n) is 7.63. The van der Waals surface area contributed by atoms with E-state index in [4.69, 9.17) is 0 Å². The van der Waals surface area contributed by atoms with Crippen molar-refractivity contribution < 1.29 is 4.48 Å². The van der Waals surface area contributed by atoms with Crippen LogP contribution in [0, 0.1) is 0 Å². The zero-order valence-electron chi connectivity index (χ0n) is 16.7. The van der Waals surface area contributed by atoms with Crippen LogP contribution < -0.4 is 0 Å². The summed E-state index contributed by atoms with van der Waals surface area (Å²) >= 11 is 0. The molecule has 0 aliphatic rings. The van der Waals surface area contributed by atoms with Gasteiger partial charge in [0.05, 0.1) is 19.6 Å². The summed E-state index contributed by atoms with van der Waals surface area (Å²) in [6.07, 6.45) is 14.0. The number of benzene rings is 1. The van der Waals surface area contributed by atoms with Crippen LogP contribution in [-0.2, 0) is 6.54 Å². The van der Waals surface area contributed by atoms with Crippen molar-refractivity contribution in [2.24, 2.45) is 0 Å². The highest BCUT2D eigenvalue weighted by molar-refractivity contribution is 5.13. The van der Waals surface area contributed by atoms with Crippen LogP contribution in [0.5, 0.6) is 0 Å². The molecule has 1 rings (SSSR count). The molecule has 0 aliphatic heterocycles. The van der Waals surface area contributed by atoms with Gasteiger partial charge in [-0.1, -0.05) is 89.6 Å². The zero-order chi connectivity index (χ0) is 17.5. The minimum atomic E-state index is 1.22. The molecule has 1 heteroatoms. The van der Waals surface area contributed by atoms with E-state index in [2.05, 4.69) is 51.1 Å². The Morgan fingerprint density at radius 3 is 1.67 bits per heavy atom. The average molecular weight is 333 g/mol. The van der Waals surface area contributed by atoms with Gasteiger partial charge >= 0.3 is 0 Å². The fourth-order valence-corrected chi connectivity index (χ4v) is 4.07. The van der Waals surface area contributed by atoms with E-state index in [0.29, 0.717) is 0 Å². The van der Waals surface area contributed by atoms with Gasteiger partial charge in [0.15, 0.2) is 0 Å². The summed E-state index contributed by atoms with van der Waals surface area (Å²) in [6.45, 7) is 12.2. The Hall–Kier alpha value is -0.820. The summed E-state index contributed by atoms with van der Waals surface area (Å²) < 4.78 is 1.30. The van der Waals surface area contributed by atoms with Gasteiger partial charge in [-0.05, 0) is 25.7 Å². The Morgan fingerprint density at radius 1 is 0.583 bits per heavy atom. The van der Waals surface area contributed by atoms with Gasteiger partial charge in [0, 0.05) is 5.56 Å². The lowest BCUT2D eigenvalue weighted by Gasteiger charge is -2.39. The number of hydrogen-bond donors (Lipinski definition) is 0. The second-order valence-corrected chi connectivity index (χ2v) is 7.63. The SMILES string of the molecule is CCCCCCCCCC[N+](CCC)(CCC)Cc1ccccc1. The molecule has 1 aromatic rings. The predicted molar refractivity (Wildman–Crippen MR) is 108 cm³/mol. The van der Waals surface area contributed by atoms with Crippen LogP contribution in [0.3, 0.4) is 0 Å². The van der Waals surface area contributed by atoms with Crippen LogP contribution in [0.2, 0.25) is 0 Å². The number of hydrogen-bond acceptors (Lipinski definition) is 0. The maximum Gasteiger partial charge on any atom is 0.104 e. The first-order valence-electron chi connectivity index (χ1n) is 10.7. The molecule has 24 heavy (non-hydrogen) atoms. The molecule has 1 aromatic carbocycles. The molecule has 0 aliphatic carbocycles. The average Bonchev–Trinajstić information content (AvgIpc) is 2.59. The highest BCUT2D eigenvalue weighted by Crippen LogP contribution is 2.19. The zero-order valence-corrected chi connectivity index (χ0v) is 16.7. The molecule has 0 amide bonds. The van der Waals surface area contributed by atoms with E-state index < -0.39 is 0 Å². The van der Waals surface area contributed by atoms with Crippen LogP contribution in [-0.4, -0.2) is 24.1 Å². The van der Waals surface area contributed by atoms with Crippen molar-refractivity contribution in [3.05, 3.63) is 35.9 Å². The van der Waals surface area contributed by atoms with Gasteiger partial charge in [0.2, 0.25) is 0 Å². The van der Waals surface area contributed by atoms with Crippen molar-refractivity contribution in [3.63, 3.8) is 0 Å². The standard InChI is InChI=1S/C23H42N/c1-4-7-8-9-10-11-12-16-21-24(19-5-2,20-6-3)22-23-17-14-13-15-18-23/h13-15,17-18H,4-12,16,19-22H2,1-3H3/q+1. The molecule has 1 nitrogen and oxygen atoms in total. The van der Waals surface area contributed by atoms with E-state index in [-0.39, 0.29) is 0 Å². The summed E-state index contributed by atoms with van der Waals surface area (Å²) in [5.74, 6) is 0. The molecular weight excluding hydrogens is 290 g/mol. The van der Waals surface area contributed by atoms with Crippen molar-refractivity contribution in [1.82, 2.24) is 0 Å². The van der Waals surface area contributed by atoms with Gasteiger partial charge in [-0.25, -0.2) is 0 Å². The highest BCUT2D eigenvalue weighted by Gasteiger charge is 2.25. The first-order chi connectivity index (χ1) is 11.8. The summed E-state index contributed by atoms with van der Waals surface area (Å²) in [5, 5.41) is 0. The van der Waals surface area contributed by atoms with Gasteiger partial charge in [-0.3, -0.25) is 0 Å². The van der Waals surface area contributed by atoms with Gasteiger partial charge in [0.1, 0.15) is 6.54 Å². The molecule has 0 unspecified atom stereocenters. The quantitative estimate of drug-likeness (QED) is 0.240. The highest BCUT2D eigenvalue weighted by atomic mass is 15.3. The molecular formula is C23H42N+. The number of quaternary nitrogens is 1. The lowest BCUT2D eigenvalue weighted by atomic mass is 10.1. The molecule has 0 saturated carbocycles. The van der Waals surface area contributed by atoms with Crippen molar-refractivity contribution in [1.29, 1.82) is 0 Å². The fraction of sp³-hybridized carbons (Fsp3) is 0.739. The smallest absolute Gasteiger partial charge is 0.104 e. The van der Waals surface area contributed by atoms with Crippen molar-refractivity contribution in [3.8, 4) is 0 Å². The van der Waals surface area contributed by atoms with E-state index in [1.54, 1.807) is 0 Å². The van der Waals surface area contributed by atoms with Crippen LogP contribution in [0.15, 0.2) is 30.3 Å². The number of unbranched alkanes of at least 4 members (excludes halogenated alkanes) is 7. The summed E-state index contributed by atoms with van der Waals surface area (Å²) in [4.78, 5) is 0. The van der Waals surface area contributed by atoms with Crippen molar-refractivity contribution in [2.45, 2.75) is 91.5 Å². The monoisotopic (exact) mass is 332 g/mol. The fourth-order valence-electron chi connectivity index (χ4n) is 4.07. The van der Waals surface area contributed by atoms with Crippen LogP contribution >= 0.6 is 0 Å². The largest absolute Gasteiger partial charge is 0.320 e. The molecule has 138 valence electrons. The van der Waals surface area contributed by atoms with Crippen LogP contribution in [0.25, 0.3) is 0 Å². The van der Waals surface area contributed by atoms with Crippen LogP contribution in [0.1, 0.15) is 90.5 Å². The number of rotatable bonds is 15. The Bertz CT molecular complexity index is 378. The Labute approximate surface area is 152 Å². The van der Waals surface area contributed by atoms with Gasteiger partial charge < -0.3 is 4.48 Å². The Morgan fingerprint density at radius 2 is 1.12 bits per heavy atom. The third-order valence-electron chi connectivity index (χ3n) is 5.24. The van der Waals surface area contributed by atoms with Crippen molar-refractivity contribution in [2.75, 3.05) is 19.6 Å². The molecule has 0 spiro atoms. The lowest BCUT2D eigenvalue weighted by Crippen LogP contribution is -2.49. The minimum absolute atomic E-state index is 1.22. The van der Waals surface area contributed by atoms with Gasteiger partial charge in [-0.2, -0.15) is 0 Å². The maximum atomic E-state index is 2.35. The first kappa shape index (κ1) is 21.2. The molecule has 0 bridgehead atoms. The van der Waals surface area contributed by atoms with Gasteiger partial charge in [0.25, 0.3) is 0 Å². The third-order valence-corrected chi connectivity index (χ3v) is 5.24. The molecule has 0 heterocycles. The predicted octanol–water partition coefficient (Wildman–Crippen LogP) is 6.96. The molecule has 0 atom stereocenters. The second kappa shape index (κ2) is 13.5. The van der Waals surface area contributed by atoms with E-state index in [1.807, 2.05) is 0 Å². The summed E-state index contributed by atoms with van der Waals surface area (Å²) in [7, 11) is 0. The minimum Gasteiger partial charge on any atom is -0.320 e. The topological polar surface area (TPSA) is 0 Å². The van der Waals surface area contributed by atoms with Gasteiger partial charge in [-0.15, -0.1) is 0 Å². The molecule has 0 N–H and O–H groups in total. The third kappa shape index (κ3) is 8.87. The first-order valence-corrected chi connectivity index (χ1v) is 10.7. The van der Waals surface area contributed by atoms with E-state index >= 15 is 0 Å². The van der Waals surface area contributed by atoms with E-state index in [9.17, 15) is 0 Å². The summed E-state index contributed by atoms with van der Waals surface area (Å²) in [6, 6.07) is 11.1. The number of nitrogens with zero attached hydrogens (tertiary/aromatic N) is 1. The van der Waals surface area contributed by atoms with E-state index in [0.717, 1.165) is 0 Å². The van der Waals surface area contributed by atoms with Crippen LogP contribution in [0.4, 0.5) is 0 Å². The van der Waals surface area contributed by atoms with Crippen molar-refractivity contribution >= 4 is 0 Å². The maximum absolute atomic E-state index is 2.35. The lowest BCUT2D eigenvalue weighted by molar-refractivity contribution is -0.941. The molecule has 0 fully saturated rings. The summed E-state index contributed by atoms with van der Waals surface area (Å²) in [5.41, 5.74) is 1.51. The molecule has 0 radical (unpaired) electrons. The van der Waals surface area contributed by atoms with E-state index in [1.165, 1.54) is 100 Å². The Kier molecular flexibility index (Phi) is 11.9. The normalized spacial score (nSPS) is 11.8. The molecule has 0 aromatic heterocycles.